The van der Waals surface area contributed by atoms with Crippen LogP contribution in [0.1, 0.15) is 10.4 Å². The van der Waals surface area contributed by atoms with Gasteiger partial charge in [-0.2, -0.15) is 0 Å². The predicted molar refractivity (Wildman–Crippen MR) is 125 cm³/mol. The number of benzene rings is 3. The Bertz CT molecular complexity index is 1240. The quantitative estimate of drug-likeness (QED) is 0.410. The fourth-order valence-corrected chi connectivity index (χ4v) is 3.31. The van der Waals surface area contributed by atoms with Crippen molar-refractivity contribution in [2.24, 2.45) is 0 Å². The standard InChI is InChI=1S/C25H20ClN3O3/c1-31-19-13-9-17(10-14-19)22-15-21(16-7-11-18(26)12-8-16)27-25(28-22)29-24(30)20-5-3-4-6-23(20)32-2/h3-15H,1-2H3,(H,27,28,29,30). The summed E-state index contributed by atoms with van der Waals surface area (Å²) in [7, 11) is 3.13. The molecule has 6 nitrogen and oxygen atoms in total. The van der Waals surface area contributed by atoms with Gasteiger partial charge in [-0.05, 0) is 54.6 Å². The highest BCUT2D eigenvalue weighted by molar-refractivity contribution is 6.30. The molecule has 0 aliphatic carbocycles. The second kappa shape index (κ2) is 9.49. The maximum atomic E-state index is 12.9. The van der Waals surface area contributed by atoms with Crippen molar-refractivity contribution in [3.8, 4) is 34.0 Å². The van der Waals surface area contributed by atoms with E-state index in [-0.39, 0.29) is 11.9 Å². The normalized spacial score (nSPS) is 10.5. The molecule has 3 aromatic carbocycles. The van der Waals surface area contributed by atoms with Crippen LogP contribution >= 0.6 is 11.6 Å². The summed E-state index contributed by atoms with van der Waals surface area (Å²) in [4.78, 5) is 22.0. The Balaban J connectivity index is 1.75. The number of para-hydroxylation sites is 1. The molecule has 0 aliphatic rings. The van der Waals surface area contributed by atoms with E-state index in [9.17, 15) is 4.79 Å². The van der Waals surface area contributed by atoms with Gasteiger partial charge >= 0.3 is 0 Å². The molecule has 0 spiro atoms. The molecule has 1 amide bonds. The predicted octanol–water partition coefficient (Wildman–Crippen LogP) is 5.73. The molecule has 0 saturated heterocycles. The summed E-state index contributed by atoms with van der Waals surface area (Å²) in [5, 5.41) is 3.42. The summed E-state index contributed by atoms with van der Waals surface area (Å²) in [5.74, 6) is 1.02. The zero-order valence-electron chi connectivity index (χ0n) is 17.5. The van der Waals surface area contributed by atoms with E-state index in [1.165, 1.54) is 7.11 Å². The van der Waals surface area contributed by atoms with Gasteiger partial charge in [0.1, 0.15) is 11.5 Å². The monoisotopic (exact) mass is 445 g/mol. The minimum atomic E-state index is -0.364. The molecule has 7 heteroatoms. The fraction of sp³-hybridized carbons (Fsp3) is 0.0800. The van der Waals surface area contributed by atoms with Crippen LogP contribution in [0.25, 0.3) is 22.5 Å². The molecule has 0 aliphatic heterocycles. The van der Waals surface area contributed by atoms with Crippen molar-refractivity contribution in [3.05, 3.63) is 89.4 Å². The first-order valence-corrected chi connectivity index (χ1v) is 10.2. The molecule has 0 radical (unpaired) electrons. The van der Waals surface area contributed by atoms with Crippen molar-refractivity contribution in [2.45, 2.75) is 0 Å². The number of nitrogens with one attached hydrogen (secondary N) is 1. The van der Waals surface area contributed by atoms with Crippen LogP contribution in [-0.2, 0) is 0 Å². The number of anilines is 1. The number of aromatic nitrogens is 2. The molecule has 32 heavy (non-hydrogen) atoms. The molecule has 0 atom stereocenters. The van der Waals surface area contributed by atoms with Crippen LogP contribution < -0.4 is 14.8 Å². The van der Waals surface area contributed by atoms with Crippen molar-refractivity contribution in [3.63, 3.8) is 0 Å². The minimum absolute atomic E-state index is 0.180. The van der Waals surface area contributed by atoms with Gasteiger partial charge in [0.15, 0.2) is 0 Å². The van der Waals surface area contributed by atoms with Crippen LogP contribution in [0.15, 0.2) is 78.9 Å². The third-order valence-corrected chi connectivity index (χ3v) is 5.08. The maximum absolute atomic E-state index is 12.9. The first-order valence-electron chi connectivity index (χ1n) is 9.81. The number of rotatable bonds is 6. The Kier molecular flexibility index (Phi) is 6.33. The minimum Gasteiger partial charge on any atom is -0.497 e. The summed E-state index contributed by atoms with van der Waals surface area (Å²) in [6.45, 7) is 0. The summed E-state index contributed by atoms with van der Waals surface area (Å²) in [6, 6.07) is 23.7. The van der Waals surface area contributed by atoms with Gasteiger partial charge in [0, 0.05) is 16.1 Å². The fourth-order valence-electron chi connectivity index (χ4n) is 3.18. The lowest BCUT2D eigenvalue weighted by atomic mass is 10.1. The molecular formula is C25H20ClN3O3. The second-order valence-corrected chi connectivity index (χ2v) is 7.29. The van der Waals surface area contributed by atoms with E-state index in [1.54, 1.807) is 43.5 Å². The van der Waals surface area contributed by atoms with E-state index in [0.717, 1.165) is 16.9 Å². The zero-order valence-corrected chi connectivity index (χ0v) is 18.3. The Morgan fingerprint density at radius 1 is 0.812 bits per heavy atom. The topological polar surface area (TPSA) is 73.3 Å². The summed E-state index contributed by atoms with van der Waals surface area (Å²) >= 11 is 6.04. The molecule has 4 aromatic rings. The van der Waals surface area contributed by atoms with E-state index in [0.29, 0.717) is 27.7 Å². The number of nitrogens with zero attached hydrogens (tertiary/aromatic N) is 2. The van der Waals surface area contributed by atoms with Crippen molar-refractivity contribution in [1.29, 1.82) is 0 Å². The van der Waals surface area contributed by atoms with Gasteiger partial charge in [-0.25, -0.2) is 9.97 Å². The Labute approximate surface area is 190 Å². The van der Waals surface area contributed by atoms with Gasteiger partial charge in [0.25, 0.3) is 5.91 Å². The lowest BCUT2D eigenvalue weighted by Crippen LogP contribution is -2.15. The molecule has 0 fully saturated rings. The number of hydrogen-bond donors (Lipinski definition) is 1. The highest BCUT2D eigenvalue weighted by Gasteiger charge is 2.15. The first-order chi connectivity index (χ1) is 15.6. The van der Waals surface area contributed by atoms with Crippen molar-refractivity contribution in [2.75, 3.05) is 19.5 Å². The zero-order chi connectivity index (χ0) is 22.5. The van der Waals surface area contributed by atoms with E-state index >= 15 is 0 Å². The number of halogens is 1. The van der Waals surface area contributed by atoms with Crippen LogP contribution in [0.5, 0.6) is 11.5 Å². The third kappa shape index (κ3) is 4.71. The molecule has 1 heterocycles. The van der Waals surface area contributed by atoms with Crippen molar-refractivity contribution < 1.29 is 14.3 Å². The Hall–Kier alpha value is -3.90. The number of hydrogen-bond acceptors (Lipinski definition) is 5. The van der Waals surface area contributed by atoms with Gasteiger partial charge in [-0.1, -0.05) is 35.9 Å². The lowest BCUT2D eigenvalue weighted by molar-refractivity contribution is 0.102. The molecule has 160 valence electrons. The maximum Gasteiger partial charge on any atom is 0.261 e. The Morgan fingerprint density at radius 2 is 1.41 bits per heavy atom. The average Bonchev–Trinajstić information content (AvgIpc) is 2.84. The smallest absolute Gasteiger partial charge is 0.261 e. The number of carbonyl (C=O) groups excluding carboxylic acids is 1. The second-order valence-electron chi connectivity index (χ2n) is 6.85. The molecule has 1 aromatic heterocycles. The summed E-state index contributed by atoms with van der Waals surface area (Å²) in [6.07, 6.45) is 0. The van der Waals surface area contributed by atoms with Crippen LogP contribution in [0.3, 0.4) is 0 Å². The molecule has 1 N–H and O–H groups in total. The van der Waals surface area contributed by atoms with Gasteiger partial charge in [0.2, 0.25) is 5.95 Å². The molecular weight excluding hydrogens is 426 g/mol. The van der Waals surface area contributed by atoms with E-state index in [4.69, 9.17) is 21.1 Å². The van der Waals surface area contributed by atoms with Gasteiger partial charge in [-0.3, -0.25) is 10.1 Å². The highest BCUT2D eigenvalue weighted by Crippen LogP contribution is 2.28. The van der Waals surface area contributed by atoms with Crippen LogP contribution in [0.4, 0.5) is 5.95 Å². The Morgan fingerprint density at radius 3 is 2.00 bits per heavy atom. The van der Waals surface area contributed by atoms with Crippen molar-refractivity contribution in [1.82, 2.24) is 9.97 Å². The number of ether oxygens (including phenoxy) is 2. The molecule has 4 rings (SSSR count). The van der Waals surface area contributed by atoms with E-state index < -0.39 is 0 Å². The number of carbonyl (C=O) groups is 1. The van der Waals surface area contributed by atoms with Crippen LogP contribution in [0, 0.1) is 0 Å². The highest BCUT2D eigenvalue weighted by atomic mass is 35.5. The number of amides is 1. The summed E-state index contributed by atoms with van der Waals surface area (Å²) < 4.78 is 10.5. The van der Waals surface area contributed by atoms with Crippen molar-refractivity contribution >= 4 is 23.5 Å². The average molecular weight is 446 g/mol. The first kappa shape index (κ1) is 21.3. The van der Waals surface area contributed by atoms with Crippen LogP contribution in [0.2, 0.25) is 5.02 Å². The largest absolute Gasteiger partial charge is 0.497 e. The number of methoxy groups -OCH3 is 2. The SMILES string of the molecule is COc1ccc(-c2cc(-c3ccc(Cl)cc3)nc(NC(=O)c3ccccc3OC)n2)cc1. The van der Waals surface area contributed by atoms with Gasteiger partial charge in [0.05, 0.1) is 31.2 Å². The van der Waals surface area contributed by atoms with E-state index in [2.05, 4.69) is 15.3 Å². The van der Waals surface area contributed by atoms with E-state index in [1.807, 2.05) is 42.5 Å². The molecule has 0 saturated carbocycles. The third-order valence-electron chi connectivity index (χ3n) is 4.83. The van der Waals surface area contributed by atoms with Gasteiger partial charge < -0.3 is 9.47 Å². The molecule has 0 bridgehead atoms. The van der Waals surface area contributed by atoms with Crippen LogP contribution in [-0.4, -0.2) is 30.1 Å². The van der Waals surface area contributed by atoms with Gasteiger partial charge in [-0.15, -0.1) is 0 Å². The molecule has 0 unspecified atom stereocenters. The summed E-state index contributed by atoms with van der Waals surface area (Å²) in [5.41, 5.74) is 3.40. The lowest BCUT2D eigenvalue weighted by Gasteiger charge is -2.11.